The fraction of sp³-hybridized carbons (Fsp3) is 0.222. The van der Waals surface area contributed by atoms with Crippen molar-refractivity contribution < 1.29 is 16.8 Å². The van der Waals surface area contributed by atoms with Crippen LogP contribution in [0.4, 0.5) is 5.13 Å². The van der Waals surface area contributed by atoms with Crippen molar-refractivity contribution in [2.45, 2.75) is 34.3 Å². The third kappa shape index (κ3) is 3.26. The highest BCUT2D eigenvalue weighted by Gasteiger charge is 2.38. The van der Waals surface area contributed by atoms with E-state index in [1.165, 1.54) is 23.5 Å². The lowest BCUT2D eigenvalue weighted by Gasteiger charge is -2.26. The number of rotatable bonds is 5. The highest BCUT2D eigenvalue weighted by Crippen LogP contribution is 2.43. The van der Waals surface area contributed by atoms with Gasteiger partial charge in [-0.25, -0.2) is 27.0 Å². The molecule has 1 saturated carbocycles. The molecule has 2 aromatic carbocycles. The third-order valence-electron chi connectivity index (χ3n) is 5.50. The topological polar surface area (TPSA) is 188 Å². The molecule has 32 heavy (non-hydrogen) atoms. The van der Waals surface area contributed by atoms with E-state index in [4.69, 9.17) is 10.9 Å². The van der Waals surface area contributed by atoms with Crippen LogP contribution in [0, 0.1) is 0 Å². The smallest absolute Gasteiger partial charge is 0.240 e. The molecule has 0 aliphatic heterocycles. The van der Waals surface area contributed by atoms with E-state index in [2.05, 4.69) is 25.6 Å². The predicted molar refractivity (Wildman–Crippen MR) is 119 cm³/mol. The highest BCUT2D eigenvalue weighted by molar-refractivity contribution is 7.94. The second kappa shape index (κ2) is 7.30. The molecule has 11 nitrogen and oxygen atoms in total. The quantitative estimate of drug-likeness (QED) is 0.373. The van der Waals surface area contributed by atoms with Crippen molar-refractivity contribution in [3.05, 3.63) is 30.3 Å². The number of fused-ring (bicyclic) bond motifs is 1. The summed E-state index contributed by atoms with van der Waals surface area (Å²) in [7, 11) is -8.46. The number of primary sulfonamides is 1. The average Bonchev–Trinajstić information content (AvgIpc) is 3.32. The van der Waals surface area contributed by atoms with Crippen LogP contribution in [0.5, 0.6) is 0 Å². The number of aromatic amines is 1. The number of nitrogens with zero attached hydrogens (tertiary/aromatic N) is 4. The fourth-order valence-corrected chi connectivity index (χ4v) is 8.05. The Morgan fingerprint density at radius 1 is 1.06 bits per heavy atom. The number of thiazole rings is 1. The molecule has 0 amide bonds. The molecule has 1 fully saturated rings. The maximum atomic E-state index is 13.3. The van der Waals surface area contributed by atoms with Gasteiger partial charge in [0.05, 0.1) is 25.9 Å². The van der Waals surface area contributed by atoms with Gasteiger partial charge in [0.25, 0.3) is 0 Å². The van der Waals surface area contributed by atoms with E-state index in [9.17, 15) is 16.8 Å². The van der Waals surface area contributed by atoms with Crippen LogP contribution in [0.15, 0.2) is 40.1 Å². The molecule has 0 bridgehead atoms. The number of aromatic nitrogens is 5. The molecular weight excluding hydrogens is 474 g/mol. The average molecular weight is 492 g/mol. The zero-order chi connectivity index (χ0) is 22.7. The molecule has 0 radical (unpaired) electrons. The molecule has 0 atom stereocenters. The van der Waals surface area contributed by atoms with Gasteiger partial charge in [0.15, 0.2) is 15.0 Å². The summed E-state index contributed by atoms with van der Waals surface area (Å²) in [4.78, 5) is 3.44. The molecule has 1 aliphatic rings. The number of hydrogen-bond acceptors (Lipinski definition) is 10. The molecule has 0 unspecified atom stereocenters. The molecule has 0 saturated heterocycles. The fourth-order valence-electron chi connectivity index (χ4n) is 3.83. The molecule has 4 aromatic rings. The number of H-pyrrole nitrogens is 1. The first kappa shape index (κ1) is 20.9. The molecule has 5 N–H and O–H groups in total. The maximum absolute atomic E-state index is 13.3. The molecule has 0 spiro atoms. The largest absolute Gasteiger partial charge is 0.375 e. The normalized spacial score (nSPS) is 15.2. The van der Waals surface area contributed by atoms with Gasteiger partial charge in [-0.2, -0.15) is 5.21 Å². The Morgan fingerprint density at radius 3 is 2.47 bits per heavy atom. The zero-order valence-electron chi connectivity index (χ0n) is 16.4. The van der Waals surface area contributed by atoms with E-state index < -0.39 is 30.0 Å². The Hall–Kier alpha value is -2.94. The van der Waals surface area contributed by atoms with Crippen LogP contribution in [-0.4, -0.2) is 47.7 Å². The first-order valence-electron chi connectivity index (χ1n) is 9.51. The molecule has 1 aliphatic carbocycles. The lowest BCUT2D eigenvalue weighted by atomic mass is 9.98. The van der Waals surface area contributed by atoms with E-state index >= 15 is 0 Å². The van der Waals surface area contributed by atoms with Crippen LogP contribution in [-0.2, 0) is 19.9 Å². The van der Waals surface area contributed by atoms with Gasteiger partial charge in [-0.1, -0.05) is 36.0 Å². The molecule has 2 heterocycles. The number of nitrogens with one attached hydrogen (secondary N) is 1. The first-order valence-corrected chi connectivity index (χ1v) is 13.4. The van der Waals surface area contributed by atoms with E-state index in [-0.39, 0.29) is 16.3 Å². The summed E-state index contributed by atoms with van der Waals surface area (Å²) in [6.07, 6.45) is 1.68. The van der Waals surface area contributed by atoms with Crippen LogP contribution in [0.3, 0.4) is 0 Å². The number of benzene rings is 2. The minimum Gasteiger partial charge on any atom is -0.375 e. The van der Waals surface area contributed by atoms with Crippen LogP contribution >= 0.6 is 11.3 Å². The number of hydrogen-bond donors (Lipinski definition) is 3. The summed E-state index contributed by atoms with van der Waals surface area (Å²) in [6, 6.07) is 8.13. The molecule has 166 valence electrons. The van der Waals surface area contributed by atoms with Gasteiger partial charge in [-0.05, 0) is 35.8 Å². The van der Waals surface area contributed by atoms with Crippen molar-refractivity contribution in [1.82, 2.24) is 25.6 Å². The van der Waals surface area contributed by atoms with Gasteiger partial charge in [-0.3, -0.25) is 0 Å². The standard InChI is InChI=1S/C18H17N7O4S3/c19-18-21-15-11(5-2-6-12(15)30-18)10-7-8-13(31(26,27)9-3-1-4-9)16(32(20,28)29)14(10)17-22-24-25-23-17/h2,5-9H,1,3-4H2,(H2,19,21)(H2,20,28,29)(H,22,23,24,25). The number of para-hydroxylation sites is 1. The van der Waals surface area contributed by atoms with Gasteiger partial charge >= 0.3 is 0 Å². The Labute approximate surface area is 186 Å². The van der Waals surface area contributed by atoms with Gasteiger partial charge in [0.2, 0.25) is 15.8 Å². The number of nitrogen functional groups attached to an aromatic ring is 1. The monoisotopic (exact) mass is 491 g/mol. The SMILES string of the molecule is Nc1nc2c(-c3ccc(S(=O)(=O)C4CCC4)c(S(N)(=O)=O)c3-c3nn[nH]n3)cccc2s1. The second-order valence-electron chi connectivity index (χ2n) is 7.40. The summed E-state index contributed by atoms with van der Waals surface area (Å²) in [5.74, 6) is -0.102. The van der Waals surface area contributed by atoms with Crippen molar-refractivity contribution >= 4 is 46.5 Å². The van der Waals surface area contributed by atoms with Crippen molar-refractivity contribution in [3.63, 3.8) is 0 Å². The number of nitrogens with two attached hydrogens (primary N) is 2. The highest BCUT2D eigenvalue weighted by atomic mass is 32.2. The predicted octanol–water partition coefficient (Wildman–Crippen LogP) is 1.70. The van der Waals surface area contributed by atoms with E-state index in [1.54, 1.807) is 12.1 Å². The Kier molecular flexibility index (Phi) is 4.77. The van der Waals surface area contributed by atoms with Gasteiger partial charge in [0.1, 0.15) is 4.90 Å². The van der Waals surface area contributed by atoms with Crippen molar-refractivity contribution in [2.75, 3.05) is 5.73 Å². The molecule has 14 heteroatoms. The Morgan fingerprint density at radius 2 is 1.84 bits per heavy atom. The van der Waals surface area contributed by atoms with Gasteiger partial charge in [-0.15, -0.1) is 10.2 Å². The van der Waals surface area contributed by atoms with Crippen LogP contribution in [0.2, 0.25) is 0 Å². The van der Waals surface area contributed by atoms with Crippen LogP contribution in [0.25, 0.3) is 32.7 Å². The molecule has 5 rings (SSSR count). The van der Waals surface area contributed by atoms with E-state index in [0.717, 1.165) is 11.1 Å². The summed E-state index contributed by atoms with van der Waals surface area (Å²) in [6.45, 7) is 0. The van der Waals surface area contributed by atoms with Gasteiger partial charge < -0.3 is 5.73 Å². The number of anilines is 1. The molecule has 2 aromatic heterocycles. The lowest BCUT2D eigenvalue weighted by molar-refractivity contribution is 0.475. The zero-order valence-corrected chi connectivity index (χ0v) is 18.8. The number of sulfone groups is 1. The Balaban J connectivity index is 1.91. The van der Waals surface area contributed by atoms with Crippen LogP contribution in [0.1, 0.15) is 19.3 Å². The second-order valence-corrected chi connectivity index (χ2v) is 12.2. The van der Waals surface area contributed by atoms with Crippen LogP contribution < -0.4 is 10.9 Å². The first-order chi connectivity index (χ1) is 15.2. The number of sulfonamides is 1. The summed E-state index contributed by atoms with van der Waals surface area (Å²) >= 11 is 1.27. The third-order valence-corrected chi connectivity index (χ3v) is 9.77. The van der Waals surface area contributed by atoms with E-state index in [0.29, 0.717) is 34.6 Å². The summed E-state index contributed by atoms with van der Waals surface area (Å²) < 4.78 is 52.9. The van der Waals surface area contributed by atoms with Crippen molar-refractivity contribution in [1.29, 1.82) is 0 Å². The number of tetrazole rings is 1. The van der Waals surface area contributed by atoms with Gasteiger partial charge in [0, 0.05) is 5.56 Å². The lowest BCUT2D eigenvalue weighted by Crippen LogP contribution is -2.30. The van der Waals surface area contributed by atoms with Crippen molar-refractivity contribution in [3.8, 4) is 22.5 Å². The Bertz CT molecular complexity index is 1560. The molecular formula is C18H17N7O4S3. The van der Waals surface area contributed by atoms with Crippen molar-refractivity contribution in [2.24, 2.45) is 5.14 Å². The maximum Gasteiger partial charge on any atom is 0.240 e. The minimum atomic E-state index is -4.51. The minimum absolute atomic E-state index is 0.0549. The van der Waals surface area contributed by atoms with E-state index in [1.807, 2.05) is 6.07 Å². The summed E-state index contributed by atoms with van der Waals surface area (Å²) in [5, 5.41) is 18.9. The summed E-state index contributed by atoms with van der Waals surface area (Å²) in [5.41, 5.74) is 7.24.